The van der Waals surface area contributed by atoms with Crippen molar-refractivity contribution in [3.05, 3.63) is 35.4 Å². The van der Waals surface area contributed by atoms with Gasteiger partial charge in [-0.05, 0) is 37.7 Å². The molecule has 2 atom stereocenters. The Labute approximate surface area is 144 Å². The Bertz CT molecular complexity index is 614. The number of likely N-dealkylation sites (tertiary alicyclic amines) is 1. The Morgan fingerprint density at radius 2 is 2.12 bits per heavy atom. The van der Waals surface area contributed by atoms with Crippen LogP contribution < -0.4 is 5.48 Å². The summed E-state index contributed by atoms with van der Waals surface area (Å²) < 4.78 is 0. The fourth-order valence-corrected chi connectivity index (χ4v) is 3.58. The third-order valence-electron chi connectivity index (χ3n) is 5.08. The maximum Gasteiger partial charge on any atom is 0.266 e. The number of carbonyl (C=O) groups is 2. The highest BCUT2D eigenvalue weighted by molar-refractivity contribution is 5.91. The lowest BCUT2D eigenvalue weighted by Gasteiger charge is -2.31. The number of nitrogens with zero attached hydrogens (tertiary/aromatic N) is 1. The molecule has 1 aliphatic heterocycles. The Morgan fingerprint density at radius 3 is 2.71 bits per heavy atom. The third kappa shape index (κ3) is 3.78. The molecule has 1 aliphatic rings. The molecule has 1 fully saturated rings. The molecule has 2 amide bonds. The Kier molecular flexibility index (Phi) is 5.65. The third-order valence-corrected chi connectivity index (χ3v) is 5.08. The summed E-state index contributed by atoms with van der Waals surface area (Å²) in [5, 5.41) is 8.97. The highest BCUT2D eigenvalue weighted by Gasteiger charge is 2.46. The van der Waals surface area contributed by atoms with Crippen LogP contribution in [-0.2, 0) is 16.0 Å². The molecule has 132 valence electrons. The molecule has 0 saturated carbocycles. The number of nitrogens with one attached hydrogen (secondary N) is 1. The molecule has 0 spiro atoms. The van der Waals surface area contributed by atoms with Crippen molar-refractivity contribution in [3.8, 4) is 0 Å². The molecule has 0 aliphatic carbocycles. The van der Waals surface area contributed by atoms with Crippen LogP contribution in [0.25, 0.3) is 0 Å². The van der Waals surface area contributed by atoms with Crippen LogP contribution >= 0.6 is 0 Å². The molecule has 5 nitrogen and oxygen atoms in total. The number of rotatable bonds is 6. The first-order valence-corrected chi connectivity index (χ1v) is 8.59. The lowest BCUT2D eigenvalue weighted by Crippen LogP contribution is -2.51. The van der Waals surface area contributed by atoms with E-state index >= 15 is 0 Å². The van der Waals surface area contributed by atoms with E-state index in [1.807, 2.05) is 26.8 Å². The van der Waals surface area contributed by atoms with Gasteiger partial charge in [0.1, 0.15) is 6.04 Å². The van der Waals surface area contributed by atoms with Gasteiger partial charge in [-0.3, -0.25) is 14.8 Å². The molecule has 2 N–H and O–H groups in total. The van der Waals surface area contributed by atoms with E-state index in [9.17, 15) is 9.59 Å². The average Bonchev–Trinajstić information content (AvgIpc) is 2.82. The van der Waals surface area contributed by atoms with Gasteiger partial charge in [-0.15, -0.1) is 0 Å². The van der Waals surface area contributed by atoms with E-state index in [0.717, 1.165) is 19.3 Å². The van der Waals surface area contributed by atoms with Crippen LogP contribution in [0, 0.1) is 18.3 Å². The number of hydrogen-bond donors (Lipinski definition) is 2. The molecule has 1 aromatic carbocycles. The minimum absolute atomic E-state index is 0.0115. The SMILES string of the molecule is Cc1cccc(CCC2(C)CCN(C(C(=O)NO)C(C)C)C2=O)c1. The lowest BCUT2D eigenvalue weighted by atomic mass is 9.82. The molecular weight excluding hydrogens is 304 g/mol. The normalized spacial score (nSPS) is 22.1. The van der Waals surface area contributed by atoms with Crippen molar-refractivity contribution in [3.63, 3.8) is 0 Å². The first kappa shape index (κ1) is 18.5. The first-order chi connectivity index (χ1) is 11.3. The molecule has 1 saturated heterocycles. The van der Waals surface area contributed by atoms with Gasteiger partial charge in [0.15, 0.2) is 0 Å². The second-order valence-corrected chi connectivity index (χ2v) is 7.46. The van der Waals surface area contributed by atoms with Crippen molar-refractivity contribution >= 4 is 11.8 Å². The zero-order chi connectivity index (χ0) is 17.9. The van der Waals surface area contributed by atoms with E-state index < -0.39 is 17.4 Å². The highest BCUT2D eigenvalue weighted by atomic mass is 16.5. The van der Waals surface area contributed by atoms with Gasteiger partial charge in [0.2, 0.25) is 5.91 Å². The zero-order valence-corrected chi connectivity index (χ0v) is 15.0. The summed E-state index contributed by atoms with van der Waals surface area (Å²) in [6.07, 6.45) is 2.34. The van der Waals surface area contributed by atoms with Crippen LogP contribution in [0.3, 0.4) is 0 Å². The largest absolute Gasteiger partial charge is 0.330 e. The molecular formula is C19H28N2O3. The molecule has 2 unspecified atom stereocenters. The van der Waals surface area contributed by atoms with Crippen molar-refractivity contribution in [2.75, 3.05) is 6.54 Å². The van der Waals surface area contributed by atoms with Gasteiger partial charge in [0.25, 0.3) is 5.91 Å². The quantitative estimate of drug-likeness (QED) is 0.621. The highest BCUT2D eigenvalue weighted by Crippen LogP contribution is 2.38. The lowest BCUT2D eigenvalue weighted by molar-refractivity contribution is -0.147. The summed E-state index contributed by atoms with van der Waals surface area (Å²) in [5.41, 5.74) is 3.70. The standard InChI is InChI=1S/C19H28N2O3/c1-13(2)16(17(22)20-24)21-11-10-19(4,18(21)23)9-8-15-7-5-6-14(3)12-15/h5-7,12-13,16,24H,8-11H2,1-4H3,(H,20,22). The van der Waals surface area contributed by atoms with Gasteiger partial charge < -0.3 is 4.90 Å². The Hall–Kier alpha value is -1.88. The van der Waals surface area contributed by atoms with E-state index in [1.165, 1.54) is 11.1 Å². The Balaban J connectivity index is 2.09. The summed E-state index contributed by atoms with van der Waals surface area (Å²) in [4.78, 5) is 26.5. The monoisotopic (exact) mass is 332 g/mol. The predicted molar refractivity (Wildman–Crippen MR) is 92.5 cm³/mol. The number of benzene rings is 1. The van der Waals surface area contributed by atoms with Gasteiger partial charge in [-0.2, -0.15) is 0 Å². The van der Waals surface area contributed by atoms with E-state index in [0.29, 0.717) is 6.54 Å². The average molecular weight is 332 g/mol. The number of hydroxylamine groups is 1. The number of carbonyl (C=O) groups excluding carboxylic acids is 2. The molecule has 0 bridgehead atoms. The summed E-state index contributed by atoms with van der Waals surface area (Å²) in [6, 6.07) is 7.72. The summed E-state index contributed by atoms with van der Waals surface area (Å²) >= 11 is 0. The molecule has 2 rings (SSSR count). The van der Waals surface area contributed by atoms with Crippen molar-refractivity contribution in [2.45, 2.75) is 53.0 Å². The fourth-order valence-electron chi connectivity index (χ4n) is 3.58. The smallest absolute Gasteiger partial charge is 0.266 e. The molecule has 0 radical (unpaired) electrons. The van der Waals surface area contributed by atoms with E-state index in [1.54, 1.807) is 10.4 Å². The van der Waals surface area contributed by atoms with E-state index in [2.05, 4.69) is 25.1 Å². The van der Waals surface area contributed by atoms with E-state index in [4.69, 9.17) is 5.21 Å². The number of amides is 2. The minimum atomic E-state index is -0.622. The molecule has 0 aromatic heterocycles. The van der Waals surface area contributed by atoms with Crippen LogP contribution in [0.1, 0.15) is 44.7 Å². The zero-order valence-electron chi connectivity index (χ0n) is 15.0. The van der Waals surface area contributed by atoms with Crippen LogP contribution in [0.5, 0.6) is 0 Å². The molecule has 24 heavy (non-hydrogen) atoms. The van der Waals surface area contributed by atoms with Gasteiger partial charge in [0.05, 0.1) is 0 Å². The van der Waals surface area contributed by atoms with Crippen LogP contribution in [0.2, 0.25) is 0 Å². The van der Waals surface area contributed by atoms with Crippen LogP contribution in [0.15, 0.2) is 24.3 Å². The van der Waals surface area contributed by atoms with E-state index in [-0.39, 0.29) is 11.8 Å². The minimum Gasteiger partial charge on any atom is -0.330 e. The van der Waals surface area contributed by atoms with Crippen molar-refractivity contribution in [1.29, 1.82) is 0 Å². The van der Waals surface area contributed by atoms with Crippen molar-refractivity contribution in [2.24, 2.45) is 11.3 Å². The molecule has 5 heteroatoms. The fraction of sp³-hybridized carbons (Fsp3) is 0.579. The van der Waals surface area contributed by atoms with Crippen molar-refractivity contribution in [1.82, 2.24) is 10.4 Å². The predicted octanol–water partition coefficient (Wildman–Crippen LogP) is 2.70. The summed E-state index contributed by atoms with van der Waals surface area (Å²) in [6.45, 7) is 8.37. The number of hydrogen-bond acceptors (Lipinski definition) is 3. The van der Waals surface area contributed by atoms with Gasteiger partial charge >= 0.3 is 0 Å². The maximum absolute atomic E-state index is 12.9. The van der Waals surface area contributed by atoms with Crippen LogP contribution in [-0.4, -0.2) is 34.5 Å². The number of aryl methyl sites for hydroxylation is 2. The maximum atomic E-state index is 12.9. The van der Waals surface area contributed by atoms with Crippen LogP contribution in [0.4, 0.5) is 0 Å². The molecule has 1 aromatic rings. The second-order valence-electron chi connectivity index (χ2n) is 7.46. The Morgan fingerprint density at radius 1 is 1.42 bits per heavy atom. The first-order valence-electron chi connectivity index (χ1n) is 8.59. The topological polar surface area (TPSA) is 69.6 Å². The van der Waals surface area contributed by atoms with Gasteiger partial charge in [0, 0.05) is 12.0 Å². The summed E-state index contributed by atoms with van der Waals surface area (Å²) in [5.74, 6) is -0.557. The summed E-state index contributed by atoms with van der Waals surface area (Å²) in [7, 11) is 0. The van der Waals surface area contributed by atoms with Gasteiger partial charge in [-0.25, -0.2) is 5.48 Å². The van der Waals surface area contributed by atoms with Gasteiger partial charge in [-0.1, -0.05) is 50.6 Å². The second kappa shape index (κ2) is 7.34. The molecule has 1 heterocycles. The van der Waals surface area contributed by atoms with Crippen molar-refractivity contribution < 1.29 is 14.8 Å².